The average molecular weight is 257 g/mol. The second-order valence-electron chi connectivity index (χ2n) is 4.59. The second kappa shape index (κ2) is 4.72. The zero-order valence-electron chi connectivity index (χ0n) is 11.1. The molecule has 4 heteroatoms. The van der Waals surface area contributed by atoms with Crippen molar-refractivity contribution in [3.63, 3.8) is 0 Å². The maximum absolute atomic E-state index is 11.5. The first-order valence-corrected chi connectivity index (χ1v) is 5.95. The van der Waals surface area contributed by atoms with Crippen LogP contribution in [0.5, 0.6) is 0 Å². The number of carboxylic acid groups (broad SMARTS) is 1. The van der Waals surface area contributed by atoms with E-state index in [1.165, 1.54) is 12.1 Å². The van der Waals surface area contributed by atoms with Gasteiger partial charge in [-0.1, -0.05) is 12.1 Å². The summed E-state index contributed by atoms with van der Waals surface area (Å²) in [6.45, 7) is 5.46. The molecule has 1 aromatic heterocycles. The average Bonchev–Trinajstić information content (AvgIpc) is 2.29. The zero-order chi connectivity index (χ0) is 14.2. The molecular weight excluding hydrogens is 242 g/mol. The predicted octanol–water partition coefficient (Wildman–Crippen LogP) is 2.46. The number of carboxylic acids is 1. The molecule has 1 N–H and O–H groups in total. The Balaban J connectivity index is 2.87. The van der Waals surface area contributed by atoms with Gasteiger partial charge in [-0.2, -0.15) is 0 Å². The van der Waals surface area contributed by atoms with Crippen LogP contribution < -0.4 is 5.43 Å². The standard InChI is InChI=1S/C15H15NO3/c1-9-5-4-6-13(15(18)19)14(9)16-10(2)7-12(17)8-11(16)3/h4-8H,1-3H3,(H,18,19). The Morgan fingerprint density at radius 1 is 1.11 bits per heavy atom. The highest BCUT2D eigenvalue weighted by atomic mass is 16.4. The lowest BCUT2D eigenvalue weighted by atomic mass is 10.1. The van der Waals surface area contributed by atoms with Crippen LogP contribution in [0.3, 0.4) is 0 Å². The molecule has 0 amide bonds. The van der Waals surface area contributed by atoms with Gasteiger partial charge in [0.15, 0.2) is 5.43 Å². The fourth-order valence-electron chi connectivity index (χ4n) is 2.34. The van der Waals surface area contributed by atoms with Gasteiger partial charge in [0.1, 0.15) is 0 Å². The van der Waals surface area contributed by atoms with E-state index >= 15 is 0 Å². The molecule has 0 aliphatic rings. The summed E-state index contributed by atoms with van der Waals surface area (Å²) in [7, 11) is 0. The lowest BCUT2D eigenvalue weighted by molar-refractivity contribution is 0.0697. The van der Waals surface area contributed by atoms with Gasteiger partial charge in [0.2, 0.25) is 0 Å². The molecule has 0 unspecified atom stereocenters. The van der Waals surface area contributed by atoms with Gasteiger partial charge in [0, 0.05) is 23.5 Å². The number of nitrogens with zero attached hydrogens (tertiary/aromatic N) is 1. The van der Waals surface area contributed by atoms with Crippen LogP contribution in [0.2, 0.25) is 0 Å². The molecule has 0 atom stereocenters. The number of carbonyl (C=O) groups is 1. The molecule has 98 valence electrons. The first-order valence-electron chi connectivity index (χ1n) is 5.95. The summed E-state index contributed by atoms with van der Waals surface area (Å²) >= 11 is 0. The monoisotopic (exact) mass is 257 g/mol. The summed E-state index contributed by atoms with van der Waals surface area (Å²) in [5.41, 5.74) is 3.08. The molecule has 1 aromatic carbocycles. The van der Waals surface area contributed by atoms with Crippen LogP contribution in [-0.2, 0) is 0 Å². The maximum atomic E-state index is 11.5. The van der Waals surface area contributed by atoms with E-state index in [-0.39, 0.29) is 11.0 Å². The number of hydrogen-bond acceptors (Lipinski definition) is 2. The van der Waals surface area contributed by atoms with E-state index in [0.29, 0.717) is 5.69 Å². The lowest BCUT2D eigenvalue weighted by Crippen LogP contribution is -2.15. The number of pyridine rings is 1. The first kappa shape index (κ1) is 13.1. The normalized spacial score (nSPS) is 10.5. The number of aryl methyl sites for hydroxylation is 3. The first-order chi connectivity index (χ1) is 8.91. The van der Waals surface area contributed by atoms with Gasteiger partial charge in [-0.3, -0.25) is 4.79 Å². The van der Waals surface area contributed by atoms with Crippen molar-refractivity contribution in [2.75, 3.05) is 0 Å². The van der Waals surface area contributed by atoms with Gasteiger partial charge >= 0.3 is 5.97 Å². The van der Waals surface area contributed by atoms with E-state index in [2.05, 4.69) is 0 Å². The van der Waals surface area contributed by atoms with Gasteiger partial charge < -0.3 is 9.67 Å². The molecule has 19 heavy (non-hydrogen) atoms. The van der Waals surface area contributed by atoms with Gasteiger partial charge in [0.25, 0.3) is 0 Å². The smallest absolute Gasteiger partial charge is 0.337 e. The fourth-order valence-corrected chi connectivity index (χ4v) is 2.34. The van der Waals surface area contributed by atoms with E-state index in [9.17, 15) is 14.7 Å². The van der Waals surface area contributed by atoms with Crippen molar-refractivity contribution in [3.8, 4) is 5.69 Å². The molecule has 0 bridgehead atoms. The molecule has 4 nitrogen and oxygen atoms in total. The van der Waals surface area contributed by atoms with Crippen LogP contribution in [0.4, 0.5) is 0 Å². The molecule has 0 saturated carbocycles. The van der Waals surface area contributed by atoms with Crippen LogP contribution in [0, 0.1) is 20.8 Å². The third kappa shape index (κ3) is 2.29. The maximum Gasteiger partial charge on any atom is 0.337 e. The molecule has 2 aromatic rings. The van der Waals surface area contributed by atoms with Gasteiger partial charge in [-0.25, -0.2) is 4.79 Å². The van der Waals surface area contributed by atoms with Gasteiger partial charge in [0.05, 0.1) is 11.3 Å². The summed E-state index contributed by atoms with van der Waals surface area (Å²) in [5.74, 6) is -0.976. The summed E-state index contributed by atoms with van der Waals surface area (Å²) in [5, 5.41) is 9.31. The SMILES string of the molecule is Cc1cccc(C(=O)O)c1-n1c(C)cc(=O)cc1C. The van der Waals surface area contributed by atoms with Crippen LogP contribution in [0.1, 0.15) is 27.3 Å². The molecule has 0 radical (unpaired) electrons. The zero-order valence-corrected chi connectivity index (χ0v) is 11.1. The van der Waals surface area contributed by atoms with E-state index < -0.39 is 5.97 Å². The minimum atomic E-state index is -0.976. The van der Waals surface area contributed by atoms with Crippen molar-refractivity contribution >= 4 is 5.97 Å². The Hall–Kier alpha value is -2.36. The molecule has 0 aliphatic carbocycles. The van der Waals surface area contributed by atoms with Gasteiger partial charge in [-0.15, -0.1) is 0 Å². The number of para-hydroxylation sites is 1. The van der Waals surface area contributed by atoms with Crippen LogP contribution in [0.25, 0.3) is 5.69 Å². The Morgan fingerprint density at radius 2 is 1.68 bits per heavy atom. The largest absolute Gasteiger partial charge is 0.478 e. The summed E-state index contributed by atoms with van der Waals surface area (Å²) < 4.78 is 1.81. The Bertz CT molecular complexity index is 688. The molecule has 0 aliphatic heterocycles. The van der Waals surface area contributed by atoms with Crippen molar-refractivity contribution in [1.29, 1.82) is 0 Å². The number of aromatic nitrogens is 1. The minimum absolute atomic E-state index is 0.0725. The van der Waals surface area contributed by atoms with E-state index in [1.54, 1.807) is 30.5 Å². The van der Waals surface area contributed by atoms with Crippen molar-refractivity contribution in [1.82, 2.24) is 4.57 Å². The molecule has 0 fully saturated rings. The summed E-state index contributed by atoms with van der Waals surface area (Å²) in [6.07, 6.45) is 0. The molecule has 2 rings (SSSR count). The fraction of sp³-hybridized carbons (Fsp3) is 0.200. The number of aromatic carboxylic acids is 1. The highest BCUT2D eigenvalue weighted by Crippen LogP contribution is 2.22. The lowest BCUT2D eigenvalue weighted by Gasteiger charge is -2.18. The third-order valence-electron chi connectivity index (χ3n) is 3.10. The number of hydrogen-bond donors (Lipinski definition) is 1. The summed E-state index contributed by atoms with van der Waals surface area (Å²) in [6, 6.07) is 8.16. The van der Waals surface area contributed by atoms with Gasteiger partial charge in [-0.05, 0) is 32.4 Å². The Labute approximate surface area is 110 Å². The van der Waals surface area contributed by atoms with E-state index in [4.69, 9.17) is 0 Å². The minimum Gasteiger partial charge on any atom is -0.478 e. The van der Waals surface area contributed by atoms with E-state index in [0.717, 1.165) is 17.0 Å². The highest BCUT2D eigenvalue weighted by molar-refractivity contribution is 5.92. The number of benzene rings is 1. The van der Waals surface area contributed by atoms with Crippen LogP contribution in [0.15, 0.2) is 35.1 Å². The van der Waals surface area contributed by atoms with Crippen molar-refractivity contribution < 1.29 is 9.90 Å². The molecule has 1 heterocycles. The van der Waals surface area contributed by atoms with E-state index in [1.807, 2.05) is 13.0 Å². The van der Waals surface area contributed by atoms with Crippen molar-refractivity contribution in [2.24, 2.45) is 0 Å². The quantitative estimate of drug-likeness (QED) is 0.899. The van der Waals surface area contributed by atoms with Crippen molar-refractivity contribution in [2.45, 2.75) is 20.8 Å². The third-order valence-corrected chi connectivity index (χ3v) is 3.10. The molecule has 0 spiro atoms. The predicted molar refractivity (Wildman–Crippen MR) is 73.2 cm³/mol. The summed E-state index contributed by atoms with van der Waals surface area (Å²) in [4.78, 5) is 22.8. The highest BCUT2D eigenvalue weighted by Gasteiger charge is 2.15. The van der Waals surface area contributed by atoms with Crippen LogP contribution in [-0.4, -0.2) is 15.6 Å². The second-order valence-corrected chi connectivity index (χ2v) is 4.59. The Kier molecular flexibility index (Phi) is 3.25. The number of rotatable bonds is 2. The molecular formula is C15H15NO3. The molecule has 0 saturated heterocycles. The topological polar surface area (TPSA) is 59.3 Å². The Morgan fingerprint density at radius 3 is 2.21 bits per heavy atom. The van der Waals surface area contributed by atoms with Crippen molar-refractivity contribution in [3.05, 3.63) is 63.1 Å². The van der Waals surface area contributed by atoms with Crippen LogP contribution >= 0.6 is 0 Å².